The van der Waals surface area contributed by atoms with Crippen molar-refractivity contribution in [1.29, 1.82) is 0 Å². The second-order valence-electron chi connectivity index (χ2n) is 5.79. The van der Waals surface area contributed by atoms with Crippen LogP contribution in [0.3, 0.4) is 0 Å². The van der Waals surface area contributed by atoms with Crippen LogP contribution in [0.5, 0.6) is 0 Å². The smallest absolute Gasteiger partial charge is 0.247 e. The maximum Gasteiger partial charge on any atom is 0.247 e. The monoisotopic (exact) mass is 254 g/mol. The van der Waals surface area contributed by atoms with E-state index in [-0.39, 0.29) is 17.9 Å². The third-order valence-electron chi connectivity index (χ3n) is 3.51. The van der Waals surface area contributed by atoms with Gasteiger partial charge in [-0.05, 0) is 27.2 Å². The number of rotatable bonds is 5. The lowest BCUT2D eigenvalue weighted by Crippen LogP contribution is -2.53. The molecule has 1 N–H and O–H groups in total. The van der Waals surface area contributed by atoms with Crippen molar-refractivity contribution < 1.29 is 9.59 Å². The van der Waals surface area contributed by atoms with Crippen molar-refractivity contribution in [3.05, 3.63) is 0 Å². The number of hydrogen-bond acceptors (Lipinski definition) is 2. The highest BCUT2D eigenvalue weighted by atomic mass is 16.2. The molecule has 1 atom stereocenters. The lowest BCUT2D eigenvalue weighted by molar-refractivity contribution is -0.138. The van der Waals surface area contributed by atoms with Crippen molar-refractivity contribution >= 4 is 11.8 Å². The Morgan fingerprint density at radius 3 is 2.56 bits per heavy atom. The summed E-state index contributed by atoms with van der Waals surface area (Å²) in [4.78, 5) is 26.0. The summed E-state index contributed by atoms with van der Waals surface area (Å²) >= 11 is 0. The lowest BCUT2D eigenvalue weighted by Gasteiger charge is -2.32. The average Bonchev–Trinajstić information content (AvgIpc) is 2.32. The van der Waals surface area contributed by atoms with E-state index >= 15 is 0 Å². The first-order valence-electron chi connectivity index (χ1n) is 7.00. The molecule has 18 heavy (non-hydrogen) atoms. The summed E-state index contributed by atoms with van der Waals surface area (Å²) < 4.78 is 0. The third-order valence-corrected chi connectivity index (χ3v) is 3.51. The van der Waals surface area contributed by atoms with Crippen LogP contribution >= 0.6 is 0 Å². The Bertz CT molecular complexity index is 313. The van der Waals surface area contributed by atoms with E-state index in [2.05, 4.69) is 12.2 Å². The first-order valence-corrected chi connectivity index (χ1v) is 7.00. The molecule has 0 radical (unpaired) electrons. The fourth-order valence-electron chi connectivity index (χ4n) is 2.42. The number of nitrogens with zero attached hydrogens (tertiary/aromatic N) is 1. The van der Waals surface area contributed by atoms with Gasteiger partial charge in [0, 0.05) is 19.0 Å². The van der Waals surface area contributed by atoms with Gasteiger partial charge in [-0.1, -0.05) is 26.2 Å². The number of carbonyl (C=O) groups excluding carboxylic acids is 2. The molecule has 0 spiro atoms. The van der Waals surface area contributed by atoms with Gasteiger partial charge in [-0.25, -0.2) is 0 Å². The normalized spacial score (nSPS) is 23.8. The quantitative estimate of drug-likeness (QED) is 0.764. The Hall–Kier alpha value is -1.06. The van der Waals surface area contributed by atoms with E-state index in [1.165, 1.54) is 12.8 Å². The minimum absolute atomic E-state index is 0.000835. The molecule has 0 aromatic heterocycles. The fourth-order valence-corrected chi connectivity index (χ4v) is 2.42. The summed E-state index contributed by atoms with van der Waals surface area (Å²) in [6.45, 7) is 8.46. The van der Waals surface area contributed by atoms with Crippen LogP contribution in [0.2, 0.25) is 0 Å². The van der Waals surface area contributed by atoms with Crippen LogP contribution in [0.25, 0.3) is 0 Å². The van der Waals surface area contributed by atoms with Crippen LogP contribution < -0.4 is 5.32 Å². The van der Waals surface area contributed by atoms with Crippen molar-refractivity contribution in [2.24, 2.45) is 0 Å². The molecule has 1 unspecified atom stereocenters. The summed E-state index contributed by atoms with van der Waals surface area (Å²) in [7, 11) is 0. The number of hydrogen-bond donors (Lipinski definition) is 1. The average molecular weight is 254 g/mol. The van der Waals surface area contributed by atoms with Gasteiger partial charge in [-0.3, -0.25) is 9.59 Å². The second-order valence-corrected chi connectivity index (χ2v) is 5.79. The standard InChI is InChI=1S/C14H26N2O2/c1-5-6-7-8-9-16-11(2)10-12(17)15-14(3,4)13(16)18/h11H,5-10H2,1-4H3,(H,15,17). The molecule has 2 amide bonds. The van der Waals surface area contributed by atoms with Gasteiger partial charge in [0.15, 0.2) is 0 Å². The number of amides is 2. The molecule has 4 nitrogen and oxygen atoms in total. The maximum absolute atomic E-state index is 12.4. The molecule has 1 fully saturated rings. The molecule has 1 aliphatic rings. The number of unbranched alkanes of at least 4 members (excludes halogenated alkanes) is 3. The van der Waals surface area contributed by atoms with Crippen LogP contribution in [0.1, 0.15) is 59.8 Å². The molecule has 0 aromatic rings. The van der Waals surface area contributed by atoms with Gasteiger partial charge in [0.05, 0.1) is 0 Å². The van der Waals surface area contributed by atoms with Crippen LogP contribution in [0.4, 0.5) is 0 Å². The van der Waals surface area contributed by atoms with Gasteiger partial charge in [0.25, 0.3) is 0 Å². The van der Waals surface area contributed by atoms with Gasteiger partial charge in [-0.2, -0.15) is 0 Å². The van der Waals surface area contributed by atoms with Gasteiger partial charge in [-0.15, -0.1) is 0 Å². The molecule has 1 heterocycles. The Kier molecular flexibility index (Phi) is 5.17. The van der Waals surface area contributed by atoms with E-state index in [4.69, 9.17) is 0 Å². The molecule has 0 bridgehead atoms. The Morgan fingerprint density at radius 2 is 1.94 bits per heavy atom. The zero-order valence-corrected chi connectivity index (χ0v) is 12.1. The number of nitrogens with one attached hydrogen (secondary N) is 1. The van der Waals surface area contributed by atoms with E-state index in [0.29, 0.717) is 6.42 Å². The van der Waals surface area contributed by atoms with E-state index < -0.39 is 5.54 Å². The van der Waals surface area contributed by atoms with Gasteiger partial charge < -0.3 is 10.2 Å². The highest BCUT2D eigenvalue weighted by Crippen LogP contribution is 2.18. The number of carbonyl (C=O) groups is 2. The largest absolute Gasteiger partial charge is 0.342 e. The predicted octanol–water partition coefficient (Wildman–Crippen LogP) is 2.08. The summed E-state index contributed by atoms with van der Waals surface area (Å²) in [5, 5.41) is 2.80. The summed E-state index contributed by atoms with van der Waals surface area (Å²) in [5.41, 5.74) is -0.771. The van der Waals surface area contributed by atoms with Crippen LogP contribution in [-0.2, 0) is 9.59 Å². The van der Waals surface area contributed by atoms with Crippen molar-refractivity contribution in [3.8, 4) is 0 Å². The zero-order valence-electron chi connectivity index (χ0n) is 12.1. The summed E-state index contributed by atoms with van der Waals surface area (Å²) in [6, 6.07) is 0.000835. The van der Waals surface area contributed by atoms with E-state index in [1.54, 1.807) is 13.8 Å². The Labute approximate surface area is 110 Å². The lowest BCUT2D eigenvalue weighted by atomic mass is 10.0. The van der Waals surface area contributed by atoms with Crippen molar-refractivity contribution in [2.45, 2.75) is 71.4 Å². The van der Waals surface area contributed by atoms with Crippen LogP contribution in [0.15, 0.2) is 0 Å². The van der Waals surface area contributed by atoms with Gasteiger partial charge in [0.1, 0.15) is 5.54 Å². The molecular weight excluding hydrogens is 228 g/mol. The fraction of sp³-hybridized carbons (Fsp3) is 0.857. The zero-order chi connectivity index (χ0) is 13.8. The summed E-state index contributed by atoms with van der Waals surface area (Å²) in [6.07, 6.45) is 4.97. The van der Waals surface area contributed by atoms with E-state index in [9.17, 15) is 9.59 Å². The van der Waals surface area contributed by atoms with E-state index in [0.717, 1.165) is 19.4 Å². The minimum Gasteiger partial charge on any atom is -0.342 e. The molecule has 0 saturated carbocycles. The van der Waals surface area contributed by atoms with Crippen LogP contribution in [-0.4, -0.2) is 34.8 Å². The molecular formula is C14H26N2O2. The van der Waals surface area contributed by atoms with Crippen LogP contribution in [0, 0.1) is 0 Å². The van der Waals surface area contributed by atoms with Crippen molar-refractivity contribution in [2.75, 3.05) is 6.54 Å². The molecule has 1 aliphatic heterocycles. The van der Waals surface area contributed by atoms with Gasteiger partial charge >= 0.3 is 0 Å². The van der Waals surface area contributed by atoms with Gasteiger partial charge in [0.2, 0.25) is 11.8 Å². The first kappa shape index (κ1) is 15.0. The molecule has 0 aromatic carbocycles. The minimum atomic E-state index is -0.771. The Balaban J connectivity index is 2.67. The predicted molar refractivity (Wildman–Crippen MR) is 72.2 cm³/mol. The third kappa shape index (κ3) is 3.72. The van der Waals surface area contributed by atoms with Crippen molar-refractivity contribution in [3.63, 3.8) is 0 Å². The first-order chi connectivity index (χ1) is 8.38. The Morgan fingerprint density at radius 1 is 1.28 bits per heavy atom. The molecule has 1 saturated heterocycles. The second kappa shape index (κ2) is 6.21. The van der Waals surface area contributed by atoms with Crippen molar-refractivity contribution in [1.82, 2.24) is 10.2 Å². The molecule has 104 valence electrons. The SMILES string of the molecule is CCCCCCN1C(=O)C(C)(C)NC(=O)CC1C. The molecule has 1 rings (SSSR count). The van der Waals surface area contributed by atoms with E-state index in [1.807, 2.05) is 11.8 Å². The summed E-state index contributed by atoms with van der Waals surface area (Å²) in [5.74, 6) is 0.00857. The molecule has 4 heteroatoms. The maximum atomic E-state index is 12.4. The highest BCUT2D eigenvalue weighted by Gasteiger charge is 2.38. The highest BCUT2D eigenvalue weighted by molar-refractivity contribution is 5.93. The molecule has 0 aliphatic carbocycles. The topological polar surface area (TPSA) is 49.4 Å².